The van der Waals surface area contributed by atoms with Crippen molar-refractivity contribution in [3.63, 3.8) is 0 Å². The topological polar surface area (TPSA) is 0 Å². The van der Waals surface area contributed by atoms with E-state index >= 15 is 0 Å². The van der Waals surface area contributed by atoms with Crippen molar-refractivity contribution >= 4 is 16.8 Å². The van der Waals surface area contributed by atoms with Crippen LogP contribution in [0, 0.1) is 12.6 Å². The van der Waals surface area contributed by atoms with Crippen molar-refractivity contribution in [2.45, 2.75) is 41.5 Å². The summed E-state index contributed by atoms with van der Waals surface area (Å²) in [6.45, 7) is 17.2. The fourth-order valence-corrected chi connectivity index (χ4v) is 2.03. The number of rotatable bonds is 1. The molecule has 4 aromatic rings. The monoisotopic (exact) mass is 487 g/mol. The van der Waals surface area contributed by atoms with Crippen molar-refractivity contribution in [2.24, 2.45) is 0 Å². The molecular weight excluding hydrogens is 449 g/mol. The van der Waals surface area contributed by atoms with Crippen LogP contribution in [0.5, 0.6) is 0 Å². The molecule has 0 amide bonds. The number of fused-ring (bicyclic) bond motifs is 1. The van der Waals surface area contributed by atoms with E-state index in [1.807, 2.05) is 102 Å². The molecule has 0 atom stereocenters. The molecule has 0 saturated heterocycles. The van der Waals surface area contributed by atoms with Crippen molar-refractivity contribution in [1.29, 1.82) is 0 Å². The zero-order valence-electron chi connectivity index (χ0n) is 20.1. The van der Waals surface area contributed by atoms with E-state index < -0.39 is 0 Å². The first-order valence-electron chi connectivity index (χ1n) is 10.9. The molecule has 0 bridgehead atoms. The number of hydrogen-bond acceptors (Lipinski definition) is 0. The first-order valence-corrected chi connectivity index (χ1v) is 10.9. The van der Waals surface area contributed by atoms with Crippen LogP contribution in [-0.4, -0.2) is 0 Å². The Bertz CT molecular complexity index is 732. The van der Waals surface area contributed by atoms with E-state index in [-0.39, 0.29) is 32.7 Å². The molecule has 163 valence electrons. The largest absolute Gasteiger partial charge is 0.344 e. The zero-order chi connectivity index (χ0) is 22.9. The van der Waals surface area contributed by atoms with Crippen LogP contribution in [0.3, 0.4) is 0 Å². The zero-order valence-corrected chi connectivity index (χ0v) is 23.0. The third kappa shape index (κ3) is 18.5. The van der Waals surface area contributed by atoms with Gasteiger partial charge in [0.05, 0.1) is 0 Å². The van der Waals surface area contributed by atoms with Gasteiger partial charge in [-0.2, -0.15) is 12.1 Å². The average molecular weight is 488 g/mol. The molecule has 0 aliphatic rings. The SMILES string of the molecule is CC.CC.CC.[CH-]=Cc1[c-]cccc1.[Y].c1ccc2ccccc2c1.c1ccccc1. The molecule has 1 radical (unpaired) electrons. The van der Waals surface area contributed by atoms with Crippen LogP contribution in [-0.2, 0) is 32.7 Å². The second-order valence-electron chi connectivity index (χ2n) is 4.99. The summed E-state index contributed by atoms with van der Waals surface area (Å²) in [7, 11) is 0. The van der Waals surface area contributed by atoms with E-state index in [9.17, 15) is 0 Å². The van der Waals surface area contributed by atoms with Crippen LogP contribution in [0.1, 0.15) is 47.1 Å². The van der Waals surface area contributed by atoms with Gasteiger partial charge in [0.2, 0.25) is 0 Å². The fourth-order valence-electron chi connectivity index (χ4n) is 2.03. The Morgan fingerprint density at radius 1 is 0.516 bits per heavy atom. The van der Waals surface area contributed by atoms with Crippen molar-refractivity contribution < 1.29 is 32.7 Å². The van der Waals surface area contributed by atoms with Crippen molar-refractivity contribution in [1.82, 2.24) is 0 Å². The summed E-state index contributed by atoms with van der Waals surface area (Å²) in [5, 5.41) is 2.62. The molecular formula is C30H38Y-2. The summed E-state index contributed by atoms with van der Waals surface area (Å²) in [5.41, 5.74) is 0.938. The third-order valence-electron chi connectivity index (χ3n) is 3.24. The Hall–Kier alpha value is -2.02. The van der Waals surface area contributed by atoms with E-state index in [2.05, 4.69) is 54.6 Å². The summed E-state index contributed by atoms with van der Waals surface area (Å²) < 4.78 is 0. The summed E-state index contributed by atoms with van der Waals surface area (Å²) >= 11 is 0. The van der Waals surface area contributed by atoms with Gasteiger partial charge in [-0.25, -0.2) is 12.1 Å². The van der Waals surface area contributed by atoms with Crippen LogP contribution in [0.4, 0.5) is 0 Å². The van der Waals surface area contributed by atoms with Gasteiger partial charge < -0.3 is 18.2 Å². The molecule has 0 aromatic heterocycles. The first kappa shape index (κ1) is 33.6. The van der Waals surface area contributed by atoms with Gasteiger partial charge in [0.1, 0.15) is 0 Å². The number of hydrogen-bond donors (Lipinski definition) is 0. The van der Waals surface area contributed by atoms with Gasteiger partial charge in [0.25, 0.3) is 0 Å². The molecule has 4 aromatic carbocycles. The second kappa shape index (κ2) is 28.0. The van der Waals surface area contributed by atoms with Gasteiger partial charge in [-0.3, -0.25) is 0 Å². The predicted octanol–water partition coefficient (Wildman–Crippen LogP) is 9.54. The van der Waals surface area contributed by atoms with Crippen molar-refractivity contribution in [2.75, 3.05) is 0 Å². The Morgan fingerprint density at radius 2 is 0.839 bits per heavy atom. The normalized spacial score (nSPS) is 7.55. The Labute approximate surface area is 217 Å². The van der Waals surface area contributed by atoms with Gasteiger partial charge >= 0.3 is 0 Å². The quantitative estimate of drug-likeness (QED) is 0.235. The number of benzene rings is 4. The van der Waals surface area contributed by atoms with E-state index in [1.54, 1.807) is 0 Å². The molecule has 0 heterocycles. The summed E-state index contributed by atoms with van der Waals surface area (Å²) in [5.74, 6) is 0. The maximum atomic E-state index is 5.19. The maximum Gasteiger partial charge on any atom is 0 e. The molecule has 0 fully saturated rings. The minimum atomic E-state index is 0. The maximum absolute atomic E-state index is 5.19. The molecule has 0 nitrogen and oxygen atoms in total. The predicted molar refractivity (Wildman–Crippen MR) is 138 cm³/mol. The average Bonchev–Trinajstić information content (AvgIpc) is 2.90. The Morgan fingerprint density at radius 3 is 1.06 bits per heavy atom. The molecule has 4 rings (SSSR count). The van der Waals surface area contributed by atoms with Crippen molar-refractivity contribution in [3.05, 3.63) is 127 Å². The molecule has 1 heteroatoms. The molecule has 0 aliphatic carbocycles. The third-order valence-corrected chi connectivity index (χ3v) is 3.24. The van der Waals surface area contributed by atoms with E-state index in [0.29, 0.717) is 0 Å². The smallest absolute Gasteiger partial charge is 0 e. The van der Waals surface area contributed by atoms with Crippen LogP contribution in [0.25, 0.3) is 16.8 Å². The van der Waals surface area contributed by atoms with Crippen LogP contribution < -0.4 is 0 Å². The van der Waals surface area contributed by atoms with Crippen LogP contribution >= 0.6 is 0 Å². The van der Waals surface area contributed by atoms with E-state index in [4.69, 9.17) is 6.58 Å². The molecule has 0 N–H and O–H groups in total. The molecule has 0 spiro atoms. The molecule has 31 heavy (non-hydrogen) atoms. The summed E-state index contributed by atoms with van der Waals surface area (Å²) in [6.07, 6.45) is 1.53. The molecule has 0 saturated carbocycles. The second-order valence-corrected chi connectivity index (χ2v) is 4.99. The molecule has 0 aliphatic heterocycles. The van der Waals surface area contributed by atoms with E-state index in [0.717, 1.165) is 5.56 Å². The Balaban J connectivity index is -0.000000340. The van der Waals surface area contributed by atoms with Gasteiger partial charge in [0, 0.05) is 32.7 Å². The van der Waals surface area contributed by atoms with Crippen LogP contribution in [0.2, 0.25) is 0 Å². The summed E-state index contributed by atoms with van der Waals surface area (Å²) in [6, 6.07) is 39.2. The minimum absolute atomic E-state index is 0. The van der Waals surface area contributed by atoms with E-state index in [1.165, 1.54) is 16.8 Å². The van der Waals surface area contributed by atoms with Gasteiger partial charge in [-0.1, -0.05) is 126 Å². The van der Waals surface area contributed by atoms with Crippen molar-refractivity contribution in [3.8, 4) is 0 Å². The standard InChI is InChI=1S/C10H8.C8H6.C6H6.3C2H6.Y/c1-2-6-10-8-4-3-7-9(10)5-1;1-2-8-6-4-3-5-7-8;1-2-4-6-5-3-1;3*1-2;/h1-8H;1-6H;1-6H;3*1-2H3;/q;-2;;;;;. The minimum Gasteiger partial charge on any atom is -0.344 e. The first-order chi connectivity index (χ1) is 14.9. The van der Waals surface area contributed by atoms with Gasteiger partial charge in [-0.15, -0.1) is 6.07 Å². The Kier molecular flexibility index (Phi) is 30.3. The fraction of sp³-hybridized carbons (Fsp3) is 0.200. The van der Waals surface area contributed by atoms with Crippen LogP contribution in [0.15, 0.2) is 109 Å². The van der Waals surface area contributed by atoms with Gasteiger partial charge in [-0.05, 0) is 10.8 Å². The summed E-state index contributed by atoms with van der Waals surface area (Å²) in [4.78, 5) is 0. The van der Waals surface area contributed by atoms with Gasteiger partial charge in [0.15, 0.2) is 0 Å². The molecule has 0 unspecified atom stereocenters.